The molecule has 0 aliphatic heterocycles. The lowest BCUT2D eigenvalue weighted by molar-refractivity contribution is -0.146. The van der Waals surface area contributed by atoms with Crippen LogP contribution in [0.4, 0.5) is 0 Å². The van der Waals surface area contributed by atoms with Crippen molar-refractivity contribution in [2.75, 3.05) is 7.11 Å². The second kappa shape index (κ2) is 6.22. The molecule has 0 rings (SSSR count). The number of unbranched alkanes of at least 4 members (excludes halogenated alkanes) is 2. The van der Waals surface area contributed by atoms with Gasteiger partial charge in [-0.1, -0.05) is 40.0 Å². The first-order chi connectivity index (χ1) is 6.49. The predicted molar refractivity (Wildman–Crippen MR) is 63.6 cm³/mol. The van der Waals surface area contributed by atoms with Crippen molar-refractivity contribution in [3.05, 3.63) is 0 Å². The van der Waals surface area contributed by atoms with E-state index in [0.717, 1.165) is 23.1 Å². The number of methoxy groups -OCH3 is 1. The fourth-order valence-electron chi connectivity index (χ4n) is 1.60. The SMILES string of the molecule is CCCCCC([SiH3])(C(=O)OC)C(C)C. The van der Waals surface area contributed by atoms with Gasteiger partial charge in [-0.2, -0.15) is 0 Å². The third-order valence-corrected chi connectivity index (χ3v) is 5.29. The van der Waals surface area contributed by atoms with Gasteiger partial charge in [0, 0.05) is 10.2 Å². The highest BCUT2D eigenvalue weighted by Crippen LogP contribution is 2.38. The molecule has 2 nitrogen and oxygen atoms in total. The summed E-state index contributed by atoms with van der Waals surface area (Å²) in [4.78, 5) is 11.7. The van der Waals surface area contributed by atoms with Crippen LogP contribution in [0.3, 0.4) is 0 Å². The van der Waals surface area contributed by atoms with E-state index in [1.807, 2.05) is 0 Å². The van der Waals surface area contributed by atoms with Crippen molar-refractivity contribution < 1.29 is 9.53 Å². The van der Waals surface area contributed by atoms with Crippen molar-refractivity contribution >= 4 is 16.2 Å². The minimum atomic E-state index is -0.163. The molecule has 0 aliphatic rings. The maximum absolute atomic E-state index is 11.7. The fraction of sp³-hybridized carbons (Fsp3) is 0.909. The number of esters is 1. The molecule has 14 heavy (non-hydrogen) atoms. The second-order valence-electron chi connectivity index (χ2n) is 4.52. The maximum Gasteiger partial charge on any atom is 0.308 e. The molecule has 0 amide bonds. The topological polar surface area (TPSA) is 26.3 Å². The lowest BCUT2D eigenvalue weighted by Gasteiger charge is -2.30. The van der Waals surface area contributed by atoms with E-state index in [0.29, 0.717) is 5.92 Å². The second-order valence-corrected chi connectivity index (χ2v) is 6.31. The summed E-state index contributed by atoms with van der Waals surface area (Å²) in [5.41, 5.74) is 0. The summed E-state index contributed by atoms with van der Waals surface area (Å²) in [7, 11) is 2.39. The highest BCUT2D eigenvalue weighted by molar-refractivity contribution is 6.27. The van der Waals surface area contributed by atoms with Gasteiger partial charge in [-0.25, -0.2) is 0 Å². The Kier molecular flexibility index (Phi) is 6.08. The van der Waals surface area contributed by atoms with Gasteiger partial charge in [0.2, 0.25) is 0 Å². The van der Waals surface area contributed by atoms with Gasteiger partial charge >= 0.3 is 5.97 Å². The van der Waals surface area contributed by atoms with Crippen LogP contribution in [0.15, 0.2) is 0 Å². The zero-order valence-corrected chi connectivity index (χ0v) is 12.2. The van der Waals surface area contributed by atoms with Gasteiger partial charge in [0.1, 0.15) is 0 Å². The van der Waals surface area contributed by atoms with E-state index in [2.05, 4.69) is 20.8 Å². The molecule has 0 fully saturated rings. The van der Waals surface area contributed by atoms with Gasteiger partial charge in [0.15, 0.2) is 0 Å². The van der Waals surface area contributed by atoms with Gasteiger partial charge in [0.05, 0.1) is 12.1 Å². The van der Waals surface area contributed by atoms with E-state index in [9.17, 15) is 4.79 Å². The van der Waals surface area contributed by atoms with E-state index in [-0.39, 0.29) is 11.0 Å². The van der Waals surface area contributed by atoms with Crippen LogP contribution in [0.2, 0.25) is 5.04 Å². The number of hydrogen-bond donors (Lipinski definition) is 0. The average Bonchev–Trinajstić information content (AvgIpc) is 2.16. The Morgan fingerprint density at radius 1 is 1.43 bits per heavy atom. The number of hydrogen-bond acceptors (Lipinski definition) is 2. The summed E-state index contributed by atoms with van der Waals surface area (Å²) in [5.74, 6) is 0.397. The van der Waals surface area contributed by atoms with Gasteiger partial charge in [-0.3, -0.25) is 4.79 Å². The van der Waals surface area contributed by atoms with Gasteiger partial charge in [-0.05, 0) is 12.3 Å². The molecule has 1 atom stereocenters. The molecule has 1 unspecified atom stereocenters. The number of carbonyl (C=O) groups is 1. The molecule has 0 N–H and O–H groups in total. The largest absolute Gasteiger partial charge is 0.469 e. The molecule has 0 aromatic carbocycles. The van der Waals surface area contributed by atoms with Crippen LogP contribution >= 0.6 is 0 Å². The van der Waals surface area contributed by atoms with Crippen LogP contribution in [-0.2, 0) is 9.53 Å². The van der Waals surface area contributed by atoms with Crippen molar-refractivity contribution in [3.63, 3.8) is 0 Å². The number of carbonyl (C=O) groups excluding carboxylic acids is 1. The maximum atomic E-state index is 11.7. The number of ether oxygens (including phenoxy) is 1. The Balaban J connectivity index is 4.32. The van der Waals surface area contributed by atoms with E-state index >= 15 is 0 Å². The van der Waals surface area contributed by atoms with Crippen LogP contribution in [0.5, 0.6) is 0 Å². The quantitative estimate of drug-likeness (QED) is 0.385. The zero-order valence-electron chi connectivity index (χ0n) is 10.2. The molecule has 0 radical (unpaired) electrons. The molecule has 0 spiro atoms. The minimum absolute atomic E-state index is 0.00438. The van der Waals surface area contributed by atoms with Gasteiger partial charge in [-0.15, -0.1) is 0 Å². The molecular weight excluding hydrogens is 192 g/mol. The fourth-order valence-corrected chi connectivity index (χ4v) is 2.16. The Labute approximate surface area is 90.8 Å². The molecule has 0 aromatic heterocycles. The van der Waals surface area contributed by atoms with E-state index in [1.165, 1.54) is 20.0 Å². The molecule has 0 heterocycles. The predicted octanol–water partition coefficient (Wildman–Crippen LogP) is 1.92. The van der Waals surface area contributed by atoms with Crippen molar-refractivity contribution in [2.45, 2.75) is 51.5 Å². The zero-order chi connectivity index (χ0) is 11.2. The Morgan fingerprint density at radius 3 is 2.36 bits per heavy atom. The molecule has 3 heteroatoms. The van der Waals surface area contributed by atoms with Crippen LogP contribution in [0, 0.1) is 5.92 Å². The van der Waals surface area contributed by atoms with Gasteiger partial charge in [0.25, 0.3) is 0 Å². The summed E-state index contributed by atoms with van der Waals surface area (Å²) >= 11 is 0. The number of rotatable bonds is 6. The first kappa shape index (κ1) is 13.7. The molecule has 0 aliphatic carbocycles. The monoisotopic (exact) mass is 216 g/mol. The smallest absolute Gasteiger partial charge is 0.308 e. The standard InChI is InChI=1S/C11H24O2Si/c1-5-6-7-8-11(14,9(2)3)10(12)13-4/h9H,5-8H2,1-4,14H3. The van der Waals surface area contributed by atoms with Crippen molar-refractivity contribution in [1.82, 2.24) is 0 Å². The van der Waals surface area contributed by atoms with Crippen molar-refractivity contribution in [3.8, 4) is 0 Å². The Hall–Kier alpha value is -0.313. The third-order valence-electron chi connectivity index (χ3n) is 3.23. The van der Waals surface area contributed by atoms with Crippen LogP contribution in [0.1, 0.15) is 46.5 Å². The molecule has 0 saturated heterocycles. The highest BCUT2D eigenvalue weighted by atomic mass is 28.1. The van der Waals surface area contributed by atoms with Crippen LogP contribution in [-0.4, -0.2) is 23.3 Å². The first-order valence-electron chi connectivity index (χ1n) is 5.57. The first-order valence-corrected chi connectivity index (χ1v) is 6.57. The molecule has 0 bridgehead atoms. The summed E-state index contributed by atoms with van der Waals surface area (Å²) in [5, 5.41) is -0.163. The summed E-state index contributed by atoms with van der Waals surface area (Å²) in [6.45, 7) is 6.42. The minimum Gasteiger partial charge on any atom is -0.469 e. The average molecular weight is 216 g/mol. The summed E-state index contributed by atoms with van der Waals surface area (Å²) < 4.78 is 4.90. The Morgan fingerprint density at radius 2 is 2.00 bits per heavy atom. The lowest BCUT2D eigenvalue weighted by atomic mass is 9.89. The van der Waals surface area contributed by atoms with E-state index in [4.69, 9.17) is 4.74 Å². The lowest BCUT2D eigenvalue weighted by Crippen LogP contribution is -2.30. The highest BCUT2D eigenvalue weighted by Gasteiger charge is 2.36. The van der Waals surface area contributed by atoms with Crippen LogP contribution in [0.25, 0.3) is 0 Å². The van der Waals surface area contributed by atoms with E-state index < -0.39 is 0 Å². The van der Waals surface area contributed by atoms with Crippen molar-refractivity contribution in [1.29, 1.82) is 0 Å². The normalized spacial score (nSPS) is 15.5. The van der Waals surface area contributed by atoms with Crippen LogP contribution < -0.4 is 0 Å². The molecule has 0 aromatic rings. The molecule has 0 saturated carbocycles. The summed E-state index contributed by atoms with van der Waals surface area (Å²) in [6, 6.07) is 0. The third kappa shape index (κ3) is 3.44. The van der Waals surface area contributed by atoms with E-state index in [1.54, 1.807) is 0 Å². The van der Waals surface area contributed by atoms with Crippen molar-refractivity contribution in [2.24, 2.45) is 5.92 Å². The molecule has 84 valence electrons. The molecular formula is C11H24O2Si. The summed E-state index contributed by atoms with van der Waals surface area (Å²) in [6.07, 6.45) is 4.56. The Bertz CT molecular complexity index is 180. The van der Waals surface area contributed by atoms with Gasteiger partial charge < -0.3 is 4.74 Å².